The molecular formula is C13H16N2O4. The number of rotatable bonds is 4. The smallest absolute Gasteiger partial charge is 0.315 e. The molecule has 0 bridgehead atoms. The standard InChI is InChI=1S/C13H16N2O4/c1-7-6-10(4-5-11(7)14-9(3)16)15-12(17)8(2)13(18)19/h4-6,8H,1-3H3,(H,14,16)(H,15,17)(H,18,19). The molecule has 1 aromatic rings. The quantitative estimate of drug-likeness (QED) is 0.720. The van der Waals surface area contributed by atoms with Crippen LogP contribution >= 0.6 is 0 Å². The Morgan fingerprint density at radius 3 is 2.32 bits per heavy atom. The van der Waals surface area contributed by atoms with Gasteiger partial charge in [-0.05, 0) is 37.6 Å². The first-order valence-electron chi connectivity index (χ1n) is 5.73. The Kier molecular flexibility index (Phi) is 4.63. The summed E-state index contributed by atoms with van der Waals surface area (Å²) in [4.78, 5) is 33.2. The lowest BCUT2D eigenvalue weighted by Crippen LogP contribution is -2.26. The molecule has 102 valence electrons. The number of carbonyl (C=O) groups excluding carboxylic acids is 2. The number of hydrogen-bond donors (Lipinski definition) is 3. The maximum absolute atomic E-state index is 11.6. The number of aliphatic carboxylic acids is 1. The molecule has 0 heterocycles. The van der Waals surface area contributed by atoms with Crippen LogP contribution in [0, 0.1) is 12.8 Å². The van der Waals surface area contributed by atoms with E-state index in [-0.39, 0.29) is 5.91 Å². The fourth-order valence-electron chi connectivity index (χ4n) is 1.43. The molecule has 0 fully saturated rings. The van der Waals surface area contributed by atoms with Gasteiger partial charge in [0.15, 0.2) is 0 Å². The summed E-state index contributed by atoms with van der Waals surface area (Å²) in [5.41, 5.74) is 1.91. The van der Waals surface area contributed by atoms with E-state index in [1.807, 2.05) is 0 Å². The summed E-state index contributed by atoms with van der Waals surface area (Å²) in [5.74, 6) is -3.06. The molecule has 0 aliphatic carbocycles. The topological polar surface area (TPSA) is 95.5 Å². The zero-order chi connectivity index (χ0) is 14.6. The Bertz CT molecular complexity index is 525. The molecule has 0 aliphatic rings. The molecule has 0 aromatic heterocycles. The van der Waals surface area contributed by atoms with Crippen LogP contribution < -0.4 is 10.6 Å². The Morgan fingerprint density at radius 2 is 1.84 bits per heavy atom. The number of carboxylic acid groups (broad SMARTS) is 1. The van der Waals surface area contributed by atoms with Gasteiger partial charge in [-0.2, -0.15) is 0 Å². The highest BCUT2D eigenvalue weighted by molar-refractivity contribution is 6.04. The molecule has 0 radical (unpaired) electrons. The Hall–Kier alpha value is -2.37. The van der Waals surface area contributed by atoms with Crippen molar-refractivity contribution in [1.29, 1.82) is 0 Å². The molecule has 0 spiro atoms. The number of anilines is 2. The van der Waals surface area contributed by atoms with Crippen molar-refractivity contribution < 1.29 is 19.5 Å². The van der Waals surface area contributed by atoms with E-state index in [0.717, 1.165) is 5.56 Å². The normalized spacial score (nSPS) is 11.5. The second-order valence-electron chi connectivity index (χ2n) is 4.26. The number of nitrogens with one attached hydrogen (secondary N) is 2. The average Bonchev–Trinajstić information content (AvgIpc) is 2.31. The summed E-state index contributed by atoms with van der Waals surface area (Å²) in [5, 5.41) is 13.9. The van der Waals surface area contributed by atoms with Gasteiger partial charge >= 0.3 is 5.97 Å². The number of amides is 2. The number of carboxylic acids is 1. The van der Waals surface area contributed by atoms with Crippen LogP contribution in [0.3, 0.4) is 0 Å². The third kappa shape index (κ3) is 4.09. The van der Waals surface area contributed by atoms with Crippen LogP contribution in [0.2, 0.25) is 0 Å². The van der Waals surface area contributed by atoms with Crippen molar-refractivity contribution in [2.75, 3.05) is 10.6 Å². The molecule has 6 nitrogen and oxygen atoms in total. The Morgan fingerprint density at radius 1 is 1.21 bits per heavy atom. The van der Waals surface area contributed by atoms with Gasteiger partial charge in [0.05, 0.1) is 0 Å². The average molecular weight is 264 g/mol. The first kappa shape index (κ1) is 14.7. The largest absolute Gasteiger partial charge is 0.481 e. The van der Waals surface area contributed by atoms with Crippen LogP contribution in [-0.4, -0.2) is 22.9 Å². The fraction of sp³-hybridized carbons (Fsp3) is 0.308. The minimum atomic E-state index is -1.18. The molecule has 0 aliphatic heterocycles. The van der Waals surface area contributed by atoms with Gasteiger partial charge < -0.3 is 15.7 Å². The molecule has 1 aromatic carbocycles. The van der Waals surface area contributed by atoms with Crippen molar-refractivity contribution in [3.05, 3.63) is 23.8 Å². The summed E-state index contributed by atoms with van der Waals surface area (Å²) >= 11 is 0. The highest BCUT2D eigenvalue weighted by Gasteiger charge is 2.20. The molecule has 0 saturated heterocycles. The molecule has 6 heteroatoms. The molecular weight excluding hydrogens is 248 g/mol. The van der Waals surface area contributed by atoms with Crippen LogP contribution in [0.25, 0.3) is 0 Å². The molecule has 1 atom stereocenters. The van der Waals surface area contributed by atoms with Gasteiger partial charge in [0.25, 0.3) is 0 Å². The van der Waals surface area contributed by atoms with Crippen molar-refractivity contribution in [1.82, 2.24) is 0 Å². The van der Waals surface area contributed by atoms with Gasteiger partial charge in [0.1, 0.15) is 5.92 Å². The van der Waals surface area contributed by atoms with E-state index < -0.39 is 17.8 Å². The lowest BCUT2D eigenvalue weighted by Gasteiger charge is -2.11. The van der Waals surface area contributed by atoms with E-state index in [0.29, 0.717) is 11.4 Å². The number of carbonyl (C=O) groups is 3. The predicted octanol–water partition coefficient (Wildman–Crippen LogP) is 1.61. The lowest BCUT2D eigenvalue weighted by atomic mass is 10.1. The second-order valence-corrected chi connectivity index (χ2v) is 4.26. The monoisotopic (exact) mass is 264 g/mol. The van der Waals surface area contributed by atoms with Crippen molar-refractivity contribution in [3.8, 4) is 0 Å². The first-order valence-corrected chi connectivity index (χ1v) is 5.73. The van der Waals surface area contributed by atoms with Crippen molar-refractivity contribution in [2.24, 2.45) is 5.92 Å². The zero-order valence-electron chi connectivity index (χ0n) is 11.0. The van der Waals surface area contributed by atoms with E-state index in [1.165, 1.54) is 13.8 Å². The van der Waals surface area contributed by atoms with E-state index in [1.54, 1.807) is 25.1 Å². The van der Waals surface area contributed by atoms with Gasteiger partial charge in [-0.25, -0.2) is 0 Å². The van der Waals surface area contributed by atoms with Gasteiger partial charge in [-0.1, -0.05) is 0 Å². The molecule has 1 rings (SSSR count). The Balaban J connectivity index is 2.81. The third-order valence-corrected chi connectivity index (χ3v) is 2.57. The molecule has 3 N–H and O–H groups in total. The SMILES string of the molecule is CC(=O)Nc1ccc(NC(=O)C(C)C(=O)O)cc1C. The van der Waals surface area contributed by atoms with Crippen LogP contribution in [0.5, 0.6) is 0 Å². The van der Waals surface area contributed by atoms with Gasteiger partial charge in [0, 0.05) is 18.3 Å². The molecule has 1 unspecified atom stereocenters. The third-order valence-electron chi connectivity index (χ3n) is 2.57. The first-order chi connectivity index (χ1) is 8.81. The highest BCUT2D eigenvalue weighted by Crippen LogP contribution is 2.20. The molecule has 2 amide bonds. The van der Waals surface area contributed by atoms with E-state index in [4.69, 9.17) is 5.11 Å². The van der Waals surface area contributed by atoms with Gasteiger partial charge in [-0.15, -0.1) is 0 Å². The van der Waals surface area contributed by atoms with E-state index >= 15 is 0 Å². The minimum Gasteiger partial charge on any atom is -0.481 e. The summed E-state index contributed by atoms with van der Waals surface area (Å²) in [6.07, 6.45) is 0. The second kappa shape index (κ2) is 5.99. The van der Waals surface area contributed by atoms with Gasteiger partial charge in [-0.3, -0.25) is 14.4 Å². The summed E-state index contributed by atoms with van der Waals surface area (Å²) in [6.45, 7) is 4.50. The molecule has 19 heavy (non-hydrogen) atoms. The fourth-order valence-corrected chi connectivity index (χ4v) is 1.43. The highest BCUT2D eigenvalue weighted by atomic mass is 16.4. The van der Waals surface area contributed by atoms with Crippen molar-refractivity contribution in [2.45, 2.75) is 20.8 Å². The summed E-state index contributed by atoms with van der Waals surface area (Å²) < 4.78 is 0. The summed E-state index contributed by atoms with van der Waals surface area (Å²) in [7, 11) is 0. The van der Waals surface area contributed by atoms with Crippen LogP contribution in [0.15, 0.2) is 18.2 Å². The zero-order valence-corrected chi connectivity index (χ0v) is 11.0. The van der Waals surface area contributed by atoms with Crippen molar-refractivity contribution >= 4 is 29.2 Å². The lowest BCUT2D eigenvalue weighted by molar-refractivity contribution is -0.144. The molecule has 0 saturated carbocycles. The number of hydrogen-bond acceptors (Lipinski definition) is 3. The predicted molar refractivity (Wildman–Crippen MR) is 70.9 cm³/mol. The summed E-state index contributed by atoms with van der Waals surface area (Å²) in [6, 6.07) is 4.92. The van der Waals surface area contributed by atoms with Gasteiger partial charge in [0.2, 0.25) is 11.8 Å². The maximum atomic E-state index is 11.6. The Labute approximate surface area is 110 Å². The maximum Gasteiger partial charge on any atom is 0.315 e. The van der Waals surface area contributed by atoms with Crippen LogP contribution in [0.1, 0.15) is 19.4 Å². The van der Waals surface area contributed by atoms with Crippen molar-refractivity contribution in [3.63, 3.8) is 0 Å². The van der Waals surface area contributed by atoms with Crippen LogP contribution in [0.4, 0.5) is 11.4 Å². The number of benzene rings is 1. The minimum absolute atomic E-state index is 0.181. The van der Waals surface area contributed by atoms with E-state index in [2.05, 4.69) is 10.6 Å². The van der Waals surface area contributed by atoms with E-state index in [9.17, 15) is 14.4 Å². The number of aryl methyl sites for hydroxylation is 1. The van der Waals surface area contributed by atoms with Crippen LogP contribution in [-0.2, 0) is 14.4 Å².